The third-order valence-corrected chi connectivity index (χ3v) is 2.86. The molecule has 1 rings (SSSR count). The monoisotopic (exact) mass is 267 g/mol. The summed E-state index contributed by atoms with van der Waals surface area (Å²) in [5.41, 5.74) is -0.335. The van der Waals surface area contributed by atoms with Crippen molar-refractivity contribution in [2.45, 2.75) is 33.2 Å². The lowest BCUT2D eigenvalue weighted by molar-refractivity contribution is -0.147. The van der Waals surface area contributed by atoms with Crippen molar-refractivity contribution in [3.05, 3.63) is 28.7 Å². The first kappa shape index (κ1) is 15.3. The molecule has 0 aromatic carbocycles. The van der Waals surface area contributed by atoms with E-state index in [0.717, 1.165) is 6.42 Å². The number of hydrogen-bond acceptors (Lipinski definition) is 4. The molecule has 0 fully saturated rings. The first-order valence-electron chi connectivity index (χ1n) is 6.39. The van der Waals surface area contributed by atoms with E-state index in [1.807, 2.05) is 0 Å². The van der Waals surface area contributed by atoms with E-state index in [1.165, 1.54) is 11.7 Å². The average Bonchev–Trinajstić information content (AvgIpc) is 2.37. The molecule has 0 spiro atoms. The van der Waals surface area contributed by atoms with Gasteiger partial charge in [-0.25, -0.2) is 4.79 Å². The van der Waals surface area contributed by atoms with E-state index in [1.54, 1.807) is 25.3 Å². The van der Waals surface area contributed by atoms with Gasteiger partial charge in [0.15, 0.2) is 5.75 Å². The second kappa shape index (κ2) is 6.97. The fraction of sp³-hybridized carbons (Fsp3) is 0.571. The molecule has 1 heterocycles. The van der Waals surface area contributed by atoms with Crippen LogP contribution < -0.4 is 10.3 Å². The number of hydrogen-bond donors (Lipinski definition) is 0. The summed E-state index contributed by atoms with van der Waals surface area (Å²) < 4.78 is 11.4. The van der Waals surface area contributed by atoms with Gasteiger partial charge >= 0.3 is 5.97 Å². The lowest BCUT2D eigenvalue weighted by Gasteiger charge is -2.15. The van der Waals surface area contributed by atoms with Gasteiger partial charge in [0.25, 0.3) is 5.56 Å². The Morgan fingerprint density at radius 3 is 2.63 bits per heavy atom. The van der Waals surface area contributed by atoms with Crippen LogP contribution in [0.3, 0.4) is 0 Å². The van der Waals surface area contributed by atoms with Crippen molar-refractivity contribution in [3.63, 3.8) is 0 Å². The molecule has 19 heavy (non-hydrogen) atoms. The molecule has 0 bridgehead atoms. The highest BCUT2D eigenvalue weighted by atomic mass is 16.5. The quantitative estimate of drug-likeness (QED) is 0.740. The maximum Gasteiger partial charge on any atom is 0.328 e. The minimum Gasteiger partial charge on any atom is -0.491 e. The van der Waals surface area contributed by atoms with E-state index in [9.17, 15) is 9.59 Å². The topological polar surface area (TPSA) is 57.5 Å². The number of nitrogens with zero attached hydrogens (tertiary/aromatic N) is 1. The molecule has 0 saturated heterocycles. The number of aromatic nitrogens is 1. The van der Waals surface area contributed by atoms with Gasteiger partial charge in [0.2, 0.25) is 0 Å². The van der Waals surface area contributed by atoms with Crippen molar-refractivity contribution in [1.82, 2.24) is 4.57 Å². The third kappa shape index (κ3) is 4.12. The van der Waals surface area contributed by atoms with E-state index in [0.29, 0.717) is 12.5 Å². The second-order valence-electron chi connectivity index (χ2n) is 4.81. The van der Waals surface area contributed by atoms with Gasteiger partial charge in [-0.05, 0) is 31.4 Å². The van der Waals surface area contributed by atoms with Crippen molar-refractivity contribution in [2.75, 3.05) is 13.7 Å². The molecule has 1 aromatic heterocycles. The summed E-state index contributed by atoms with van der Waals surface area (Å²) in [6, 6.07) is 2.57. The van der Waals surface area contributed by atoms with Crippen LogP contribution in [0.25, 0.3) is 0 Å². The van der Waals surface area contributed by atoms with Gasteiger partial charge < -0.3 is 9.47 Å². The SMILES string of the molecule is COc1cccn(C(C)C(=O)OCCC(C)C)c1=O. The van der Waals surface area contributed by atoms with E-state index in [2.05, 4.69) is 13.8 Å². The van der Waals surface area contributed by atoms with Crippen LogP contribution in [0.15, 0.2) is 23.1 Å². The normalized spacial score (nSPS) is 12.3. The predicted molar refractivity (Wildman–Crippen MR) is 72.4 cm³/mol. The highest BCUT2D eigenvalue weighted by Crippen LogP contribution is 2.09. The van der Waals surface area contributed by atoms with Crippen molar-refractivity contribution < 1.29 is 14.3 Å². The summed E-state index contributed by atoms with van der Waals surface area (Å²) in [5, 5.41) is 0. The van der Waals surface area contributed by atoms with E-state index < -0.39 is 12.0 Å². The first-order valence-corrected chi connectivity index (χ1v) is 6.39. The summed E-state index contributed by atoms with van der Waals surface area (Å²) in [5.74, 6) is 0.281. The molecule has 1 aromatic rings. The number of carbonyl (C=O) groups excluding carboxylic acids is 1. The van der Waals surface area contributed by atoms with E-state index in [4.69, 9.17) is 9.47 Å². The van der Waals surface area contributed by atoms with Crippen molar-refractivity contribution in [1.29, 1.82) is 0 Å². The third-order valence-electron chi connectivity index (χ3n) is 2.86. The predicted octanol–water partition coefficient (Wildman–Crippen LogP) is 2.01. The zero-order chi connectivity index (χ0) is 14.4. The van der Waals surface area contributed by atoms with Crippen LogP contribution in [0.1, 0.15) is 33.2 Å². The maximum absolute atomic E-state index is 12.0. The molecule has 0 N–H and O–H groups in total. The maximum atomic E-state index is 12.0. The molecule has 5 nitrogen and oxygen atoms in total. The number of methoxy groups -OCH3 is 1. The molecule has 0 radical (unpaired) electrons. The van der Waals surface area contributed by atoms with Crippen molar-refractivity contribution >= 4 is 5.97 Å². The average molecular weight is 267 g/mol. The van der Waals surface area contributed by atoms with Gasteiger partial charge in [-0.2, -0.15) is 0 Å². The molecule has 0 amide bonds. The fourth-order valence-electron chi connectivity index (χ4n) is 1.58. The summed E-state index contributed by atoms with van der Waals surface area (Å²) in [7, 11) is 1.42. The molecule has 0 aliphatic rings. The number of esters is 1. The molecular formula is C14H21NO4. The van der Waals surface area contributed by atoms with Crippen LogP contribution in [0, 0.1) is 5.92 Å². The van der Waals surface area contributed by atoms with Gasteiger partial charge in [0.1, 0.15) is 6.04 Å². The van der Waals surface area contributed by atoms with Gasteiger partial charge in [-0.3, -0.25) is 9.36 Å². The Labute approximate surface area is 113 Å². The summed E-state index contributed by atoms with van der Waals surface area (Å²) in [6.07, 6.45) is 2.37. The Balaban J connectivity index is 2.74. The van der Waals surface area contributed by atoms with Crippen LogP contribution in [-0.4, -0.2) is 24.3 Å². The molecule has 0 aliphatic carbocycles. The molecule has 5 heteroatoms. The first-order chi connectivity index (χ1) is 8.97. The van der Waals surface area contributed by atoms with Crippen LogP contribution in [0.5, 0.6) is 5.75 Å². The largest absolute Gasteiger partial charge is 0.491 e. The van der Waals surface area contributed by atoms with Crippen molar-refractivity contribution in [2.24, 2.45) is 5.92 Å². The summed E-state index contributed by atoms with van der Waals surface area (Å²) in [4.78, 5) is 23.8. The zero-order valence-electron chi connectivity index (χ0n) is 11.9. The van der Waals surface area contributed by atoms with Gasteiger partial charge in [-0.1, -0.05) is 13.8 Å². The summed E-state index contributed by atoms with van der Waals surface area (Å²) >= 11 is 0. The lowest BCUT2D eigenvalue weighted by atomic mass is 10.1. The molecule has 106 valence electrons. The molecule has 1 atom stereocenters. The second-order valence-corrected chi connectivity index (χ2v) is 4.81. The highest BCUT2D eigenvalue weighted by Gasteiger charge is 2.18. The van der Waals surface area contributed by atoms with Crippen LogP contribution in [0.4, 0.5) is 0 Å². The molecule has 0 aliphatic heterocycles. The number of rotatable bonds is 6. The van der Waals surface area contributed by atoms with Crippen LogP contribution in [0.2, 0.25) is 0 Å². The Morgan fingerprint density at radius 2 is 2.05 bits per heavy atom. The summed E-state index contributed by atoms with van der Waals surface area (Å²) in [6.45, 7) is 6.13. The Bertz CT molecular complexity index is 479. The van der Waals surface area contributed by atoms with Crippen LogP contribution in [-0.2, 0) is 9.53 Å². The number of carbonyl (C=O) groups is 1. The minimum atomic E-state index is -0.658. The van der Waals surface area contributed by atoms with Gasteiger partial charge in [-0.15, -0.1) is 0 Å². The fourth-order valence-corrected chi connectivity index (χ4v) is 1.58. The zero-order valence-corrected chi connectivity index (χ0v) is 11.9. The Kier molecular flexibility index (Phi) is 5.60. The smallest absolute Gasteiger partial charge is 0.328 e. The number of pyridine rings is 1. The standard InChI is InChI=1S/C14H21NO4/c1-10(2)7-9-19-14(17)11(3)15-8-5-6-12(18-4)13(15)16/h5-6,8,10-11H,7,9H2,1-4H3. The highest BCUT2D eigenvalue weighted by molar-refractivity contribution is 5.73. The number of ether oxygens (including phenoxy) is 2. The molecule has 0 saturated carbocycles. The van der Waals surface area contributed by atoms with E-state index in [-0.39, 0.29) is 11.3 Å². The van der Waals surface area contributed by atoms with Crippen molar-refractivity contribution in [3.8, 4) is 5.75 Å². The van der Waals surface area contributed by atoms with Crippen LogP contribution >= 0.6 is 0 Å². The Hall–Kier alpha value is -1.78. The molecular weight excluding hydrogens is 246 g/mol. The molecule has 1 unspecified atom stereocenters. The van der Waals surface area contributed by atoms with Gasteiger partial charge in [0.05, 0.1) is 13.7 Å². The lowest BCUT2D eigenvalue weighted by Crippen LogP contribution is -2.29. The minimum absolute atomic E-state index is 0.212. The Morgan fingerprint density at radius 1 is 1.37 bits per heavy atom. The van der Waals surface area contributed by atoms with E-state index >= 15 is 0 Å². The van der Waals surface area contributed by atoms with Gasteiger partial charge in [0, 0.05) is 6.20 Å².